The average molecular weight is 143 g/mol. The molecule has 0 fully saturated rings. The van der Waals surface area contributed by atoms with Gasteiger partial charge in [0.25, 0.3) is 0 Å². The highest BCUT2D eigenvalue weighted by Gasteiger charge is 2.15. The van der Waals surface area contributed by atoms with Gasteiger partial charge in [0.2, 0.25) is 0 Å². The van der Waals surface area contributed by atoms with Gasteiger partial charge < -0.3 is 10.5 Å². The van der Waals surface area contributed by atoms with Gasteiger partial charge in [-0.25, -0.2) is 0 Å². The van der Waals surface area contributed by atoms with E-state index in [-0.39, 0.29) is 5.54 Å². The van der Waals surface area contributed by atoms with Gasteiger partial charge in [0.1, 0.15) is 6.29 Å². The standard InChI is InChI=1S/C8H17NO/c1-3-5-8(2,9)6-4-7-10/h7H,3-6,9H2,1-2H3. The molecule has 0 spiro atoms. The van der Waals surface area contributed by atoms with Gasteiger partial charge >= 0.3 is 0 Å². The molecule has 0 saturated carbocycles. The van der Waals surface area contributed by atoms with Crippen molar-refractivity contribution in [1.82, 2.24) is 0 Å². The van der Waals surface area contributed by atoms with Crippen LogP contribution in [0.2, 0.25) is 0 Å². The molecule has 0 aliphatic carbocycles. The van der Waals surface area contributed by atoms with E-state index >= 15 is 0 Å². The van der Waals surface area contributed by atoms with Crippen molar-refractivity contribution in [2.75, 3.05) is 0 Å². The smallest absolute Gasteiger partial charge is 0.120 e. The summed E-state index contributed by atoms with van der Waals surface area (Å²) in [4.78, 5) is 10.0. The third-order valence-corrected chi connectivity index (χ3v) is 1.65. The van der Waals surface area contributed by atoms with Crippen LogP contribution in [0, 0.1) is 0 Å². The first-order valence-corrected chi connectivity index (χ1v) is 3.85. The first kappa shape index (κ1) is 9.63. The summed E-state index contributed by atoms with van der Waals surface area (Å²) >= 11 is 0. The van der Waals surface area contributed by atoms with E-state index in [9.17, 15) is 4.79 Å². The molecule has 2 N–H and O–H groups in total. The molecule has 1 atom stereocenters. The second kappa shape index (κ2) is 4.45. The Kier molecular flexibility index (Phi) is 4.28. The molecule has 0 rings (SSSR count). The van der Waals surface area contributed by atoms with Gasteiger partial charge in [-0.05, 0) is 19.8 Å². The molecule has 0 heterocycles. The van der Waals surface area contributed by atoms with Crippen molar-refractivity contribution < 1.29 is 4.79 Å². The van der Waals surface area contributed by atoms with Gasteiger partial charge in [0.15, 0.2) is 0 Å². The molecule has 60 valence electrons. The summed E-state index contributed by atoms with van der Waals surface area (Å²) < 4.78 is 0. The zero-order valence-corrected chi connectivity index (χ0v) is 6.89. The molecule has 0 aromatic carbocycles. The summed E-state index contributed by atoms with van der Waals surface area (Å²) in [5.74, 6) is 0. The van der Waals surface area contributed by atoms with E-state index in [1.807, 2.05) is 6.92 Å². The van der Waals surface area contributed by atoms with Crippen LogP contribution in [0.25, 0.3) is 0 Å². The van der Waals surface area contributed by atoms with E-state index < -0.39 is 0 Å². The second-order valence-electron chi connectivity index (χ2n) is 3.11. The lowest BCUT2D eigenvalue weighted by molar-refractivity contribution is -0.108. The Balaban J connectivity index is 3.51. The summed E-state index contributed by atoms with van der Waals surface area (Å²) in [5, 5.41) is 0. The van der Waals surface area contributed by atoms with Gasteiger partial charge in [-0.2, -0.15) is 0 Å². The fourth-order valence-corrected chi connectivity index (χ4v) is 1.08. The lowest BCUT2D eigenvalue weighted by Crippen LogP contribution is -2.35. The topological polar surface area (TPSA) is 43.1 Å². The molecular weight excluding hydrogens is 126 g/mol. The summed E-state index contributed by atoms with van der Waals surface area (Å²) in [5.41, 5.74) is 5.73. The van der Waals surface area contributed by atoms with Crippen molar-refractivity contribution in [3.05, 3.63) is 0 Å². The van der Waals surface area contributed by atoms with Gasteiger partial charge in [-0.3, -0.25) is 0 Å². The molecule has 1 unspecified atom stereocenters. The minimum atomic E-state index is -0.129. The maximum Gasteiger partial charge on any atom is 0.120 e. The van der Waals surface area contributed by atoms with E-state index in [4.69, 9.17) is 5.73 Å². The fraction of sp³-hybridized carbons (Fsp3) is 0.875. The van der Waals surface area contributed by atoms with Crippen LogP contribution in [0.5, 0.6) is 0 Å². The van der Waals surface area contributed by atoms with Crippen LogP contribution in [-0.4, -0.2) is 11.8 Å². The van der Waals surface area contributed by atoms with Crippen molar-refractivity contribution in [2.24, 2.45) is 5.73 Å². The fourth-order valence-electron chi connectivity index (χ4n) is 1.08. The molecular formula is C8H17NO. The Labute approximate surface area is 62.8 Å². The number of rotatable bonds is 5. The molecule has 10 heavy (non-hydrogen) atoms. The second-order valence-corrected chi connectivity index (χ2v) is 3.11. The third-order valence-electron chi connectivity index (χ3n) is 1.65. The highest BCUT2D eigenvalue weighted by molar-refractivity contribution is 5.49. The Hall–Kier alpha value is -0.370. The van der Waals surface area contributed by atoms with Gasteiger partial charge in [-0.1, -0.05) is 13.3 Å². The lowest BCUT2D eigenvalue weighted by Gasteiger charge is -2.22. The van der Waals surface area contributed by atoms with Gasteiger partial charge in [0, 0.05) is 12.0 Å². The highest BCUT2D eigenvalue weighted by Crippen LogP contribution is 2.13. The summed E-state index contributed by atoms with van der Waals surface area (Å²) in [6.07, 6.45) is 4.42. The summed E-state index contributed by atoms with van der Waals surface area (Å²) in [6.45, 7) is 4.10. The van der Waals surface area contributed by atoms with Gasteiger partial charge in [0.05, 0.1) is 0 Å². The zero-order chi connectivity index (χ0) is 8.04. The van der Waals surface area contributed by atoms with Crippen LogP contribution in [-0.2, 0) is 4.79 Å². The maximum atomic E-state index is 10.0. The van der Waals surface area contributed by atoms with Crippen LogP contribution in [0.15, 0.2) is 0 Å². The number of carbonyl (C=O) groups excluding carboxylic acids is 1. The number of hydrogen-bond acceptors (Lipinski definition) is 2. The number of nitrogens with two attached hydrogens (primary N) is 1. The maximum absolute atomic E-state index is 10.0. The summed E-state index contributed by atoms with van der Waals surface area (Å²) in [7, 11) is 0. The Morgan fingerprint density at radius 2 is 2.10 bits per heavy atom. The SMILES string of the molecule is CCCC(C)(N)CCC=O. The predicted molar refractivity (Wildman–Crippen MR) is 42.8 cm³/mol. The van der Waals surface area contributed by atoms with E-state index in [1.165, 1.54) is 0 Å². The third kappa shape index (κ3) is 4.50. The number of hydrogen-bond donors (Lipinski definition) is 1. The van der Waals surface area contributed by atoms with Crippen molar-refractivity contribution in [1.29, 1.82) is 0 Å². The normalized spacial score (nSPS) is 16.3. The lowest BCUT2D eigenvalue weighted by atomic mass is 9.92. The van der Waals surface area contributed by atoms with E-state index in [2.05, 4.69) is 6.92 Å². The molecule has 2 nitrogen and oxygen atoms in total. The molecule has 0 radical (unpaired) electrons. The molecule has 2 heteroatoms. The van der Waals surface area contributed by atoms with Crippen LogP contribution in [0.1, 0.15) is 39.5 Å². The first-order valence-electron chi connectivity index (χ1n) is 3.85. The Morgan fingerprint density at radius 3 is 2.50 bits per heavy atom. The average Bonchev–Trinajstić information content (AvgIpc) is 1.84. The van der Waals surface area contributed by atoms with Gasteiger partial charge in [-0.15, -0.1) is 0 Å². The van der Waals surface area contributed by atoms with Crippen molar-refractivity contribution >= 4 is 6.29 Å². The minimum Gasteiger partial charge on any atom is -0.325 e. The van der Waals surface area contributed by atoms with Crippen LogP contribution in [0.3, 0.4) is 0 Å². The molecule has 0 aliphatic heterocycles. The first-order chi connectivity index (χ1) is 4.62. The molecule has 0 aromatic rings. The van der Waals surface area contributed by atoms with E-state index in [1.54, 1.807) is 0 Å². The molecule has 0 bridgehead atoms. The van der Waals surface area contributed by atoms with Crippen LogP contribution in [0.4, 0.5) is 0 Å². The largest absolute Gasteiger partial charge is 0.325 e. The van der Waals surface area contributed by atoms with Crippen LogP contribution >= 0.6 is 0 Å². The molecule has 0 amide bonds. The molecule has 0 saturated heterocycles. The monoisotopic (exact) mass is 143 g/mol. The quantitative estimate of drug-likeness (QED) is 0.592. The van der Waals surface area contributed by atoms with E-state index in [0.29, 0.717) is 6.42 Å². The van der Waals surface area contributed by atoms with E-state index in [0.717, 1.165) is 25.5 Å². The van der Waals surface area contributed by atoms with Crippen molar-refractivity contribution in [2.45, 2.75) is 45.1 Å². The predicted octanol–water partition coefficient (Wildman–Crippen LogP) is 1.48. The molecule has 0 aliphatic rings. The summed E-state index contributed by atoms with van der Waals surface area (Å²) in [6, 6.07) is 0. The van der Waals surface area contributed by atoms with Crippen molar-refractivity contribution in [3.63, 3.8) is 0 Å². The van der Waals surface area contributed by atoms with Crippen LogP contribution < -0.4 is 5.73 Å². The Bertz CT molecular complexity index is 99.4. The zero-order valence-electron chi connectivity index (χ0n) is 6.89. The number of aldehydes is 1. The highest BCUT2D eigenvalue weighted by atomic mass is 16.1. The molecule has 0 aromatic heterocycles. The minimum absolute atomic E-state index is 0.129. The Morgan fingerprint density at radius 1 is 1.50 bits per heavy atom. The van der Waals surface area contributed by atoms with Crippen molar-refractivity contribution in [3.8, 4) is 0 Å². The number of carbonyl (C=O) groups is 1.